The van der Waals surface area contributed by atoms with Gasteiger partial charge >= 0.3 is 5.97 Å². The number of rotatable bonds is 4. The molecule has 1 aliphatic carbocycles. The summed E-state index contributed by atoms with van der Waals surface area (Å²) in [6, 6.07) is 5.05. The summed E-state index contributed by atoms with van der Waals surface area (Å²) in [5.41, 5.74) is 0.652. The van der Waals surface area contributed by atoms with Crippen molar-refractivity contribution < 1.29 is 23.9 Å². The first-order chi connectivity index (χ1) is 12.1. The molecule has 2 amide bonds. The van der Waals surface area contributed by atoms with Gasteiger partial charge in [-0.15, -0.1) is 0 Å². The number of amides is 2. The van der Waals surface area contributed by atoms with Crippen molar-refractivity contribution in [2.45, 2.75) is 32.1 Å². The summed E-state index contributed by atoms with van der Waals surface area (Å²) in [4.78, 5) is 35.6. The molecule has 0 bridgehead atoms. The molecule has 132 valence electrons. The largest absolute Gasteiger partial charge is 0.493 e. The van der Waals surface area contributed by atoms with E-state index in [1.165, 1.54) is 7.11 Å². The maximum absolute atomic E-state index is 12.4. The summed E-state index contributed by atoms with van der Waals surface area (Å²) >= 11 is 0.843. The summed E-state index contributed by atoms with van der Waals surface area (Å²) in [6.07, 6.45) is 6.54. The smallest absolute Gasteiger partial charge is 0.314 e. The number of benzene rings is 1. The molecule has 6 nitrogen and oxygen atoms in total. The quantitative estimate of drug-likeness (QED) is 0.502. The normalized spacial score (nSPS) is 19.8. The molecular formula is C18H19NO5S. The van der Waals surface area contributed by atoms with E-state index in [4.69, 9.17) is 9.47 Å². The second-order valence-corrected chi connectivity index (χ2v) is 7.03. The minimum atomic E-state index is -0.424. The van der Waals surface area contributed by atoms with Crippen molar-refractivity contribution >= 4 is 35.0 Å². The Kier molecular flexibility index (Phi) is 5.43. The first kappa shape index (κ1) is 17.5. The Morgan fingerprint density at radius 2 is 1.96 bits per heavy atom. The fourth-order valence-electron chi connectivity index (χ4n) is 2.97. The topological polar surface area (TPSA) is 81.7 Å². The lowest BCUT2D eigenvalue weighted by Crippen LogP contribution is -2.23. The molecule has 1 saturated carbocycles. The Balaban J connectivity index is 1.80. The lowest BCUT2D eigenvalue weighted by molar-refractivity contribution is -0.140. The van der Waals surface area contributed by atoms with Crippen molar-refractivity contribution in [1.82, 2.24) is 5.32 Å². The van der Waals surface area contributed by atoms with Gasteiger partial charge in [0.05, 0.1) is 17.9 Å². The lowest BCUT2D eigenvalue weighted by atomic mass is 9.89. The van der Waals surface area contributed by atoms with Crippen LogP contribution in [-0.4, -0.2) is 24.2 Å². The molecule has 0 atom stereocenters. The van der Waals surface area contributed by atoms with E-state index in [1.54, 1.807) is 24.3 Å². The highest BCUT2D eigenvalue weighted by atomic mass is 32.2. The average Bonchev–Trinajstić information content (AvgIpc) is 2.93. The number of nitrogens with one attached hydrogen (secondary N) is 1. The zero-order chi connectivity index (χ0) is 17.8. The van der Waals surface area contributed by atoms with Crippen LogP contribution in [0.5, 0.6) is 11.5 Å². The third kappa shape index (κ3) is 4.22. The fraction of sp³-hybridized carbons (Fsp3) is 0.389. The molecule has 1 aliphatic heterocycles. The number of hydrogen-bond acceptors (Lipinski definition) is 6. The lowest BCUT2D eigenvalue weighted by Gasteiger charge is -2.20. The molecule has 0 radical (unpaired) electrons. The number of methoxy groups -OCH3 is 1. The van der Waals surface area contributed by atoms with E-state index >= 15 is 0 Å². The number of esters is 1. The van der Waals surface area contributed by atoms with Crippen LogP contribution in [0.25, 0.3) is 6.08 Å². The third-order valence-electron chi connectivity index (χ3n) is 4.28. The molecule has 1 saturated heterocycles. The van der Waals surface area contributed by atoms with E-state index in [2.05, 4.69) is 5.32 Å². The Morgan fingerprint density at radius 1 is 1.20 bits per heavy atom. The molecule has 1 N–H and O–H groups in total. The van der Waals surface area contributed by atoms with Gasteiger partial charge in [-0.05, 0) is 48.4 Å². The van der Waals surface area contributed by atoms with E-state index in [9.17, 15) is 14.4 Å². The van der Waals surface area contributed by atoms with Gasteiger partial charge in [-0.25, -0.2) is 0 Å². The van der Waals surface area contributed by atoms with Crippen LogP contribution in [0.1, 0.15) is 37.7 Å². The van der Waals surface area contributed by atoms with Gasteiger partial charge in [-0.2, -0.15) is 0 Å². The van der Waals surface area contributed by atoms with Crippen molar-refractivity contribution in [2.24, 2.45) is 5.92 Å². The van der Waals surface area contributed by atoms with Crippen molar-refractivity contribution in [3.63, 3.8) is 0 Å². The molecule has 25 heavy (non-hydrogen) atoms. The van der Waals surface area contributed by atoms with Crippen LogP contribution in [0.4, 0.5) is 4.79 Å². The molecule has 0 unspecified atom stereocenters. The van der Waals surface area contributed by atoms with Crippen LogP contribution in [-0.2, 0) is 9.59 Å². The Morgan fingerprint density at radius 3 is 2.60 bits per heavy atom. The van der Waals surface area contributed by atoms with Gasteiger partial charge in [0.15, 0.2) is 11.5 Å². The zero-order valence-corrected chi connectivity index (χ0v) is 14.7. The van der Waals surface area contributed by atoms with Gasteiger partial charge in [0, 0.05) is 0 Å². The van der Waals surface area contributed by atoms with Crippen LogP contribution in [0.15, 0.2) is 23.1 Å². The molecule has 0 aromatic heterocycles. The molecule has 0 spiro atoms. The molecule has 1 aromatic carbocycles. The molecule has 2 aliphatic rings. The third-order valence-corrected chi connectivity index (χ3v) is 5.09. The Labute approximate surface area is 149 Å². The van der Waals surface area contributed by atoms with Gasteiger partial charge in [0.25, 0.3) is 11.1 Å². The van der Waals surface area contributed by atoms with Crippen LogP contribution in [0.3, 0.4) is 0 Å². The number of thioether (sulfide) groups is 1. The minimum Gasteiger partial charge on any atom is -0.493 e. The molecule has 1 aromatic rings. The molecule has 7 heteroatoms. The highest BCUT2D eigenvalue weighted by Gasteiger charge is 2.26. The molecule has 3 rings (SSSR count). The van der Waals surface area contributed by atoms with Crippen LogP contribution in [0.2, 0.25) is 0 Å². The second kappa shape index (κ2) is 7.74. The number of ether oxygens (including phenoxy) is 2. The van der Waals surface area contributed by atoms with Crippen LogP contribution >= 0.6 is 11.8 Å². The average molecular weight is 361 g/mol. The standard InChI is InChI=1S/C18H19NO5S/c1-23-13-8-7-11(10-15-16(20)19-18(22)25-15)9-14(13)24-17(21)12-5-3-2-4-6-12/h7-10,12H,2-6H2,1H3,(H,19,20,22)/b15-10-. The zero-order valence-electron chi connectivity index (χ0n) is 13.9. The van der Waals surface area contributed by atoms with Gasteiger partial charge in [0.2, 0.25) is 0 Å². The van der Waals surface area contributed by atoms with E-state index in [-0.39, 0.29) is 11.9 Å². The van der Waals surface area contributed by atoms with E-state index in [1.807, 2.05) is 0 Å². The Bertz CT molecular complexity index is 737. The van der Waals surface area contributed by atoms with Crippen LogP contribution in [0, 0.1) is 5.92 Å². The van der Waals surface area contributed by atoms with Crippen molar-refractivity contribution in [2.75, 3.05) is 7.11 Å². The van der Waals surface area contributed by atoms with Gasteiger partial charge < -0.3 is 9.47 Å². The number of carbonyl (C=O) groups excluding carboxylic acids is 3. The maximum atomic E-state index is 12.4. The summed E-state index contributed by atoms with van der Waals surface area (Å²) in [5, 5.41) is 1.81. The molecular weight excluding hydrogens is 342 g/mol. The summed E-state index contributed by atoms with van der Waals surface area (Å²) in [6.45, 7) is 0. The number of carbonyl (C=O) groups is 3. The fourth-order valence-corrected chi connectivity index (χ4v) is 3.65. The monoisotopic (exact) mass is 361 g/mol. The minimum absolute atomic E-state index is 0.0748. The SMILES string of the molecule is COc1ccc(/C=C2\SC(=O)NC2=O)cc1OC(=O)C1CCCCC1. The van der Waals surface area contributed by atoms with Crippen molar-refractivity contribution in [3.05, 3.63) is 28.7 Å². The first-order valence-corrected chi connectivity index (χ1v) is 9.03. The highest BCUT2D eigenvalue weighted by Crippen LogP contribution is 2.33. The van der Waals surface area contributed by atoms with Gasteiger partial charge in [-0.1, -0.05) is 25.3 Å². The Hall–Kier alpha value is -2.28. The summed E-state index contributed by atoms with van der Waals surface area (Å²) in [5.74, 6) is 0.0276. The summed E-state index contributed by atoms with van der Waals surface area (Å²) in [7, 11) is 1.50. The van der Waals surface area contributed by atoms with E-state index < -0.39 is 11.1 Å². The number of hydrogen-bond donors (Lipinski definition) is 1. The number of imide groups is 1. The van der Waals surface area contributed by atoms with Crippen molar-refractivity contribution in [1.29, 1.82) is 0 Å². The predicted octanol–water partition coefficient (Wildman–Crippen LogP) is 3.50. The van der Waals surface area contributed by atoms with Gasteiger partial charge in [-0.3, -0.25) is 19.7 Å². The maximum Gasteiger partial charge on any atom is 0.314 e. The van der Waals surface area contributed by atoms with Crippen LogP contribution < -0.4 is 14.8 Å². The first-order valence-electron chi connectivity index (χ1n) is 8.21. The summed E-state index contributed by atoms with van der Waals surface area (Å²) < 4.78 is 10.8. The van der Waals surface area contributed by atoms with E-state index in [0.717, 1.165) is 43.9 Å². The highest BCUT2D eigenvalue weighted by molar-refractivity contribution is 8.18. The van der Waals surface area contributed by atoms with Crippen molar-refractivity contribution in [3.8, 4) is 11.5 Å². The molecule has 2 fully saturated rings. The van der Waals surface area contributed by atoms with Gasteiger partial charge in [0.1, 0.15) is 0 Å². The second-order valence-electron chi connectivity index (χ2n) is 6.02. The molecule has 1 heterocycles. The van der Waals surface area contributed by atoms with E-state index in [0.29, 0.717) is 22.0 Å². The predicted molar refractivity (Wildman–Crippen MR) is 94.3 cm³/mol.